The lowest BCUT2D eigenvalue weighted by molar-refractivity contribution is -0.385. The molecule has 8 heteroatoms. The Kier molecular flexibility index (Phi) is 4.04. The molecule has 0 aliphatic heterocycles. The Balaban J connectivity index is 1.83. The minimum Gasteiger partial charge on any atom is -0.480 e. The summed E-state index contributed by atoms with van der Waals surface area (Å²) < 4.78 is 5.76. The molecule has 1 aliphatic carbocycles. The van der Waals surface area contributed by atoms with Crippen LogP contribution in [0.3, 0.4) is 0 Å². The molecule has 0 aromatic carbocycles. The van der Waals surface area contributed by atoms with Gasteiger partial charge >= 0.3 is 5.69 Å². The molecule has 7 nitrogen and oxygen atoms in total. The molecule has 23 heavy (non-hydrogen) atoms. The van der Waals surface area contributed by atoms with Crippen LogP contribution in [0.2, 0.25) is 5.02 Å². The Bertz CT molecular complexity index is 749. The summed E-state index contributed by atoms with van der Waals surface area (Å²) in [5.74, 6) is 0.380. The fourth-order valence-corrected chi connectivity index (χ4v) is 2.27. The zero-order valence-electron chi connectivity index (χ0n) is 12.5. The lowest BCUT2D eigenvalue weighted by Crippen LogP contribution is -2.14. The Morgan fingerprint density at radius 2 is 2.13 bits per heavy atom. The number of nitro groups is 1. The summed E-state index contributed by atoms with van der Waals surface area (Å²) in [6.45, 7) is 2.20. The normalized spacial score (nSPS) is 15.0. The van der Waals surface area contributed by atoms with E-state index in [-0.39, 0.29) is 29.4 Å². The van der Waals surface area contributed by atoms with Gasteiger partial charge in [0, 0.05) is 23.5 Å². The zero-order valence-corrected chi connectivity index (χ0v) is 13.2. The molecule has 0 amide bonds. The number of pyridine rings is 2. The Morgan fingerprint density at radius 1 is 1.39 bits per heavy atom. The Morgan fingerprint density at radius 3 is 2.78 bits per heavy atom. The Labute approximate surface area is 137 Å². The molecule has 0 radical (unpaired) electrons. The van der Waals surface area contributed by atoms with Crippen molar-refractivity contribution in [3.8, 4) is 5.75 Å². The third kappa shape index (κ3) is 3.68. The molecule has 120 valence electrons. The van der Waals surface area contributed by atoms with Crippen molar-refractivity contribution in [2.45, 2.75) is 31.9 Å². The molecule has 0 bridgehead atoms. The number of rotatable bonds is 6. The summed E-state index contributed by atoms with van der Waals surface area (Å²) in [7, 11) is 0. The molecular weight excluding hydrogens is 320 g/mol. The van der Waals surface area contributed by atoms with Crippen molar-refractivity contribution < 1.29 is 9.66 Å². The molecule has 1 N–H and O–H groups in total. The second kappa shape index (κ2) is 6.00. The van der Waals surface area contributed by atoms with Gasteiger partial charge in [-0.1, -0.05) is 11.6 Å². The molecule has 3 rings (SSSR count). The van der Waals surface area contributed by atoms with Gasteiger partial charge in [-0.2, -0.15) is 0 Å². The van der Waals surface area contributed by atoms with E-state index in [2.05, 4.69) is 15.3 Å². The molecule has 0 spiro atoms. The van der Waals surface area contributed by atoms with Gasteiger partial charge in [0.15, 0.2) is 0 Å². The number of halogens is 1. The highest BCUT2D eigenvalue weighted by Gasteiger charge is 2.42. The maximum atomic E-state index is 11.4. The molecule has 0 atom stereocenters. The molecule has 1 fully saturated rings. The van der Waals surface area contributed by atoms with Gasteiger partial charge in [0.05, 0.1) is 17.2 Å². The molecule has 2 aromatic rings. The number of anilines is 1. The highest BCUT2D eigenvalue weighted by molar-refractivity contribution is 6.30. The van der Waals surface area contributed by atoms with Gasteiger partial charge in [-0.05, 0) is 31.9 Å². The molecule has 2 heterocycles. The number of hydrogen-bond donors (Lipinski definition) is 1. The highest BCUT2D eigenvalue weighted by atomic mass is 35.5. The molecule has 1 aliphatic rings. The van der Waals surface area contributed by atoms with Gasteiger partial charge in [-0.3, -0.25) is 15.1 Å². The van der Waals surface area contributed by atoms with Crippen molar-refractivity contribution in [2.24, 2.45) is 0 Å². The van der Waals surface area contributed by atoms with Gasteiger partial charge in [0.25, 0.3) is 0 Å². The van der Waals surface area contributed by atoms with E-state index >= 15 is 0 Å². The van der Waals surface area contributed by atoms with Crippen LogP contribution in [-0.2, 0) is 6.54 Å². The van der Waals surface area contributed by atoms with Crippen molar-refractivity contribution in [3.05, 3.63) is 51.4 Å². The third-order valence-corrected chi connectivity index (χ3v) is 3.83. The molecule has 1 saturated carbocycles. The van der Waals surface area contributed by atoms with Gasteiger partial charge < -0.3 is 10.1 Å². The fraction of sp³-hybridized carbons (Fsp3) is 0.333. The van der Waals surface area contributed by atoms with Gasteiger partial charge in [0.1, 0.15) is 5.60 Å². The molecular formula is C15H15ClN4O3. The standard InChI is InChI=1S/C15H15ClN4O3/c1-15(4-5-15)23-12-3-7-18-14(13(12)20(21)22)19-9-11-8-10(16)2-6-17-11/h2-3,6-8H,4-5,9H2,1H3,(H,18,19). The largest absolute Gasteiger partial charge is 0.480 e. The van der Waals surface area contributed by atoms with E-state index in [0.717, 1.165) is 12.8 Å². The monoisotopic (exact) mass is 334 g/mol. The van der Waals surface area contributed by atoms with E-state index in [1.165, 1.54) is 12.3 Å². The van der Waals surface area contributed by atoms with Crippen molar-refractivity contribution in [2.75, 3.05) is 5.32 Å². The van der Waals surface area contributed by atoms with Crippen molar-refractivity contribution in [1.29, 1.82) is 0 Å². The minimum absolute atomic E-state index is 0.151. The minimum atomic E-state index is -0.484. The zero-order chi connectivity index (χ0) is 16.4. The molecule has 0 unspecified atom stereocenters. The summed E-state index contributed by atoms with van der Waals surface area (Å²) in [6, 6.07) is 4.87. The maximum absolute atomic E-state index is 11.4. The van der Waals surface area contributed by atoms with Crippen LogP contribution >= 0.6 is 11.6 Å². The van der Waals surface area contributed by atoms with E-state index in [1.807, 2.05) is 6.92 Å². The van der Waals surface area contributed by atoms with E-state index in [0.29, 0.717) is 10.7 Å². The number of nitrogens with one attached hydrogen (secondary N) is 1. The fourth-order valence-electron chi connectivity index (χ4n) is 2.09. The van der Waals surface area contributed by atoms with Crippen LogP contribution in [0.25, 0.3) is 0 Å². The van der Waals surface area contributed by atoms with Crippen molar-refractivity contribution in [3.63, 3.8) is 0 Å². The smallest absolute Gasteiger partial charge is 0.352 e. The summed E-state index contributed by atoms with van der Waals surface area (Å²) in [4.78, 5) is 19.1. The third-order valence-electron chi connectivity index (χ3n) is 3.60. The summed E-state index contributed by atoms with van der Waals surface area (Å²) in [6.07, 6.45) is 4.85. The quantitative estimate of drug-likeness (QED) is 0.641. The second-order valence-corrected chi connectivity index (χ2v) is 6.07. The molecule has 0 saturated heterocycles. The summed E-state index contributed by atoms with van der Waals surface area (Å²) >= 11 is 5.90. The maximum Gasteiger partial charge on any atom is 0.352 e. The van der Waals surface area contributed by atoms with Crippen molar-refractivity contribution >= 4 is 23.1 Å². The average Bonchev–Trinajstić information content (AvgIpc) is 3.22. The highest BCUT2D eigenvalue weighted by Crippen LogP contribution is 2.43. The predicted molar refractivity (Wildman–Crippen MR) is 85.7 cm³/mol. The Hall–Kier alpha value is -2.41. The van der Waals surface area contributed by atoms with Crippen LogP contribution in [0.1, 0.15) is 25.5 Å². The van der Waals surface area contributed by atoms with Gasteiger partial charge in [0.2, 0.25) is 11.6 Å². The SMILES string of the molecule is CC1(Oc2ccnc(NCc3cc(Cl)ccn3)c2[N+](=O)[O-])CC1. The van der Waals surface area contributed by atoms with E-state index in [4.69, 9.17) is 16.3 Å². The van der Waals surface area contributed by atoms with E-state index < -0.39 is 4.92 Å². The first kappa shape index (κ1) is 15.5. The second-order valence-electron chi connectivity index (χ2n) is 5.63. The first-order valence-electron chi connectivity index (χ1n) is 7.14. The summed E-state index contributed by atoms with van der Waals surface area (Å²) in [5.41, 5.74) is 0.189. The van der Waals surface area contributed by atoms with E-state index in [9.17, 15) is 10.1 Å². The summed E-state index contributed by atoms with van der Waals surface area (Å²) in [5, 5.41) is 14.9. The van der Waals surface area contributed by atoms with Crippen LogP contribution in [0.15, 0.2) is 30.6 Å². The number of nitrogens with zero attached hydrogens (tertiary/aromatic N) is 3. The molecule has 2 aromatic heterocycles. The number of ether oxygens (including phenoxy) is 1. The van der Waals surface area contributed by atoms with Crippen LogP contribution in [-0.4, -0.2) is 20.5 Å². The predicted octanol–water partition coefficient (Wildman–Crippen LogP) is 3.58. The first-order valence-corrected chi connectivity index (χ1v) is 7.51. The van der Waals surface area contributed by atoms with Crippen molar-refractivity contribution in [1.82, 2.24) is 9.97 Å². The van der Waals surface area contributed by atoms with Crippen LogP contribution in [0, 0.1) is 10.1 Å². The first-order chi connectivity index (χ1) is 11.0. The lowest BCUT2D eigenvalue weighted by Gasteiger charge is -2.14. The number of aromatic nitrogens is 2. The van der Waals surface area contributed by atoms with Crippen LogP contribution < -0.4 is 10.1 Å². The average molecular weight is 335 g/mol. The van der Waals surface area contributed by atoms with Gasteiger partial charge in [-0.25, -0.2) is 4.98 Å². The number of hydrogen-bond acceptors (Lipinski definition) is 6. The van der Waals surface area contributed by atoms with Crippen LogP contribution in [0.5, 0.6) is 5.75 Å². The topological polar surface area (TPSA) is 90.2 Å². The van der Waals surface area contributed by atoms with Gasteiger partial charge in [-0.15, -0.1) is 0 Å². The lowest BCUT2D eigenvalue weighted by atomic mass is 10.3. The van der Waals surface area contributed by atoms with E-state index in [1.54, 1.807) is 18.3 Å². The van der Waals surface area contributed by atoms with Crippen LogP contribution in [0.4, 0.5) is 11.5 Å².